The van der Waals surface area contributed by atoms with E-state index in [1.165, 1.54) is 36.7 Å². The van der Waals surface area contributed by atoms with Gasteiger partial charge in [0, 0.05) is 38.5 Å². The Balaban J connectivity index is 1.24. The van der Waals surface area contributed by atoms with Crippen LogP contribution in [0.1, 0.15) is 44.1 Å². The first kappa shape index (κ1) is 26.4. The van der Waals surface area contributed by atoms with Crippen LogP contribution in [0.5, 0.6) is 5.75 Å². The maximum absolute atomic E-state index is 11.1. The Bertz CT molecular complexity index is 1530. The number of fused-ring (bicyclic) bond motifs is 1. The van der Waals surface area contributed by atoms with E-state index < -0.39 is 4.92 Å². The van der Waals surface area contributed by atoms with Gasteiger partial charge in [-0.15, -0.1) is 11.3 Å². The molecule has 4 aromatic rings. The van der Waals surface area contributed by atoms with Crippen molar-refractivity contribution in [1.29, 1.82) is 0 Å². The molecule has 2 fully saturated rings. The lowest BCUT2D eigenvalue weighted by Gasteiger charge is -2.30. The first-order chi connectivity index (χ1) is 19.5. The van der Waals surface area contributed by atoms with Crippen LogP contribution >= 0.6 is 23.1 Å². The maximum Gasteiger partial charge on any atom is 0.311 e. The molecule has 206 valence electrons. The minimum absolute atomic E-state index is 0.353. The van der Waals surface area contributed by atoms with E-state index in [9.17, 15) is 15.2 Å². The molecule has 0 saturated carbocycles. The smallest absolute Gasteiger partial charge is 0.311 e. The number of aliphatic imine (C=N–C) groups is 1. The van der Waals surface area contributed by atoms with Crippen LogP contribution in [-0.2, 0) is 0 Å². The zero-order chi connectivity index (χ0) is 27.5. The van der Waals surface area contributed by atoms with Crippen LogP contribution in [0.15, 0.2) is 50.9 Å². The average molecular weight is 577 g/mol. The summed E-state index contributed by atoms with van der Waals surface area (Å²) in [5.74, 6) is 1.14. The second kappa shape index (κ2) is 11.7. The predicted octanol–water partition coefficient (Wildman–Crippen LogP) is 5.98. The Morgan fingerprint density at radius 2 is 1.57 bits per heavy atom. The number of thiazole rings is 1. The lowest BCUT2D eigenvalue weighted by molar-refractivity contribution is -0.385. The molecule has 4 heterocycles. The number of hydrogen-bond acceptors (Lipinski definition) is 12. The van der Waals surface area contributed by atoms with Gasteiger partial charge < -0.3 is 14.9 Å². The van der Waals surface area contributed by atoms with Gasteiger partial charge in [0.1, 0.15) is 0 Å². The highest BCUT2D eigenvalue weighted by Gasteiger charge is 2.21. The highest BCUT2D eigenvalue weighted by Crippen LogP contribution is 2.36. The summed E-state index contributed by atoms with van der Waals surface area (Å²) in [5.41, 5.74) is 1.72. The number of phenols is 1. The highest BCUT2D eigenvalue weighted by molar-refractivity contribution is 8.01. The SMILES string of the molecule is O=[N+]([O-])c1cc(C=Nc2ccc3nc(Sc4nc(N5CCCCC5)nc(N5CCCCC5)n4)sc3c2)ccc1O. The lowest BCUT2D eigenvalue weighted by atomic mass is 10.1. The molecule has 1 N–H and O–H groups in total. The quantitative estimate of drug-likeness (QED) is 0.159. The summed E-state index contributed by atoms with van der Waals surface area (Å²) >= 11 is 3.00. The van der Waals surface area contributed by atoms with E-state index in [2.05, 4.69) is 14.8 Å². The van der Waals surface area contributed by atoms with Crippen LogP contribution in [0.25, 0.3) is 10.2 Å². The zero-order valence-corrected chi connectivity index (χ0v) is 23.4. The number of aromatic nitrogens is 4. The standard InChI is InChI=1S/C27H28N8O3S2/c36-22-10-7-18(15-21(22)35(37)38)17-28-19-8-9-20-23(16-19)39-27(29-20)40-26-31-24(33-11-3-1-4-12-33)30-25(32-26)34-13-5-2-6-14-34/h7-10,15-17,36H,1-6,11-14H2. The van der Waals surface area contributed by atoms with Crippen molar-refractivity contribution in [1.82, 2.24) is 19.9 Å². The summed E-state index contributed by atoms with van der Waals surface area (Å²) in [6.07, 6.45) is 8.64. The normalized spacial score (nSPS) is 16.2. The minimum atomic E-state index is -0.618. The number of nitro groups is 1. The van der Waals surface area contributed by atoms with Gasteiger partial charge in [-0.2, -0.15) is 15.0 Å². The van der Waals surface area contributed by atoms with Gasteiger partial charge in [0.05, 0.1) is 20.8 Å². The van der Waals surface area contributed by atoms with Gasteiger partial charge in [-0.1, -0.05) is 0 Å². The monoisotopic (exact) mass is 576 g/mol. The largest absolute Gasteiger partial charge is 0.502 e. The van der Waals surface area contributed by atoms with Crippen molar-refractivity contribution in [3.05, 3.63) is 52.1 Å². The highest BCUT2D eigenvalue weighted by atomic mass is 32.2. The van der Waals surface area contributed by atoms with E-state index in [1.807, 2.05) is 18.2 Å². The number of piperidine rings is 2. The molecule has 0 bridgehead atoms. The van der Waals surface area contributed by atoms with Crippen LogP contribution in [0.2, 0.25) is 0 Å². The van der Waals surface area contributed by atoms with Crippen LogP contribution in [0, 0.1) is 10.1 Å². The molecular formula is C27H28N8O3S2. The molecule has 2 aliphatic heterocycles. The summed E-state index contributed by atoms with van der Waals surface area (Å²) in [6.45, 7) is 3.87. The van der Waals surface area contributed by atoms with E-state index in [4.69, 9.17) is 19.9 Å². The number of anilines is 2. The van der Waals surface area contributed by atoms with E-state index in [1.54, 1.807) is 23.6 Å². The summed E-state index contributed by atoms with van der Waals surface area (Å²) in [5, 5.41) is 21.4. The third kappa shape index (κ3) is 5.99. The first-order valence-electron chi connectivity index (χ1n) is 13.4. The first-order valence-corrected chi connectivity index (χ1v) is 15.0. The molecule has 0 atom stereocenters. The van der Waals surface area contributed by atoms with Crippen molar-refractivity contribution < 1.29 is 10.0 Å². The third-order valence-electron chi connectivity index (χ3n) is 6.96. The lowest BCUT2D eigenvalue weighted by Crippen LogP contribution is -2.34. The predicted molar refractivity (Wildman–Crippen MR) is 158 cm³/mol. The van der Waals surface area contributed by atoms with Gasteiger partial charge in [-0.25, -0.2) is 4.98 Å². The summed E-state index contributed by atoms with van der Waals surface area (Å²) in [7, 11) is 0. The topological polar surface area (TPSA) is 134 Å². The average Bonchev–Trinajstić information content (AvgIpc) is 3.38. The molecule has 2 aliphatic rings. The van der Waals surface area contributed by atoms with Crippen molar-refractivity contribution >= 4 is 62.8 Å². The Kier molecular flexibility index (Phi) is 7.73. The van der Waals surface area contributed by atoms with Gasteiger partial charge in [-0.3, -0.25) is 15.1 Å². The molecular weight excluding hydrogens is 548 g/mol. The number of hydrogen-bond donors (Lipinski definition) is 1. The van der Waals surface area contributed by atoms with Crippen LogP contribution in [0.3, 0.4) is 0 Å². The Morgan fingerprint density at radius 3 is 2.23 bits per heavy atom. The molecule has 0 spiro atoms. The molecule has 2 aromatic heterocycles. The molecule has 0 radical (unpaired) electrons. The molecule has 2 saturated heterocycles. The molecule has 2 aromatic carbocycles. The van der Waals surface area contributed by atoms with E-state index in [0.29, 0.717) is 16.4 Å². The van der Waals surface area contributed by atoms with Crippen LogP contribution in [-0.4, -0.2) is 62.4 Å². The number of nitro benzene ring substituents is 1. The van der Waals surface area contributed by atoms with Crippen LogP contribution in [0.4, 0.5) is 23.3 Å². The van der Waals surface area contributed by atoms with Crippen molar-refractivity contribution in [2.24, 2.45) is 4.99 Å². The second-order valence-corrected chi connectivity index (χ2v) is 12.1. The molecule has 0 amide bonds. The van der Waals surface area contributed by atoms with E-state index in [-0.39, 0.29) is 11.4 Å². The molecule has 0 aliphatic carbocycles. The zero-order valence-electron chi connectivity index (χ0n) is 21.8. The molecule has 6 rings (SSSR count). The fraction of sp³-hybridized carbons (Fsp3) is 0.370. The van der Waals surface area contributed by atoms with Crippen molar-refractivity contribution in [3.8, 4) is 5.75 Å². The number of nitrogens with zero attached hydrogens (tertiary/aromatic N) is 8. The third-order valence-corrected chi connectivity index (χ3v) is 8.90. The van der Waals surface area contributed by atoms with Gasteiger partial charge in [-0.05, 0) is 86.2 Å². The second-order valence-electron chi connectivity index (χ2n) is 9.81. The van der Waals surface area contributed by atoms with Gasteiger partial charge in [0.15, 0.2) is 10.1 Å². The van der Waals surface area contributed by atoms with E-state index in [0.717, 1.165) is 78.3 Å². The Hall–Kier alpha value is -3.84. The minimum Gasteiger partial charge on any atom is -0.502 e. The number of aromatic hydroxyl groups is 1. The molecule has 0 unspecified atom stereocenters. The fourth-order valence-corrected chi connectivity index (χ4v) is 6.81. The summed E-state index contributed by atoms with van der Waals surface area (Å²) < 4.78 is 1.81. The molecule has 40 heavy (non-hydrogen) atoms. The summed E-state index contributed by atoms with van der Waals surface area (Å²) in [4.78, 5) is 38.9. The van der Waals surface area contributed by atoms with Crippen molar-refractivity contribution in [2.75, 3.05) is 36.0 Å². The maximum atomic E-state index is 11.1. The van der Waals surface area contributed by atoms with E-state index >= 15 is 0 Å². The van der Waals surface area contributed by atoms with Gasteiger partial charge >= 0.3 is 5.69 Å². The number of benzene rings is 2. The van der Waals surface area contributed by atoms with Crippen molar-refractivity contribution in [2.45, 2.75) is 48.0 Å². The number of rotatable bonds is 7. The van der Waals surface area contributed by atoms with Gasteiger partial charge in [0.25, 0.3) is 0 Å². The molecule has 13 heteroatoms. The Morgan fingerprint density at radius 1 is 0.900 bits per heavy atom. The molecule has 11 nitrogen and oxygen atoms in total. The van der Waals surface area contributed by atoms with Crippen molar-refractivity contribution in [3.63, 3.8) is 0 Å². The fourth-order valence-electron chi connectivity index (χ4n) is 4.86. The number of phenolic OH excluding ortho intramolecular Hbond substituents is 1. The van der Waals surface area contributed by atoms with Gasteiger partial charge in [0.2, 0.25) is 17.1 Å². The van der Waals surface area contributed by atoms with Crippen LogP contribution < -0.4 is 9.80 Å². The summed E-state index contributed by atoms with van der Waals surface area (Å²) in [6, 6.07) is 9.87. The Labute approximate surface area is 239 Å².